The van der Waals surface area contributed by atoms with Gasteiger partial charge in [-0.05, 0) is 42.4 Å². The van der Waals surface area contributed by atoms with E-state index in [0.717, 1.165) is 25.7 Å². The molecule has 0 saturated heterocycles. The molecule has 0 aliphatic rings. The predicted octanol–water partition coefficient (Wildman–Crippen LogP) is 2.10. The van der Waals surface area contributed by atoms with Gasteiger partial charge in [-0.3, -0.25) is 4.55 Å². The number of ether oxygens (including phenoxy) is 1. The van der Waals surface area contributed by atoms with Gasteiger partial charge in [-0.1, -0.05) is 69.7 Å². The van der Waals surface area contributed by atoms with Crippen LogP contribution in [0.25, 0.3) is 0 Å². The summed E-state index contributed by atoms with van der Waals surface area (Å²) in [7, 11) is -4.63. The van der Waals surface area contributed by atoms with Gasteiger partial charge >= 0.3 is 51.4 Å². The molecule has 0 spiro atoms. The molecule has 0 atom stereocenters. The molecule has 0 heterocycles. The van der Waals surface area contributed by atoms with E-state index in [1.807, 2.05) is 0 Å². The number of hydrogen-bond donors (Lipinski definition) is 1. The van der Waals surface area contributed by atoms with Gasteiger partial charge in [0.05, 0.1) is 4.90 Å². The topological polar surface area (TPSA) is 86.7 Å². The maximum absolute atomic E-state index is 12.6. The molecule has 2 aromatic carbocycles. The van der Waals surface area contributed by atoms with Crippen LogP contribution in [-0.2, 0) is 16.5 Å². The van der Waals surface area contributed by atoms with Gasteiger partial charge in [0.25, 0.3) is 10.1 Å². The van der Waals surface area contributed by atoms with Crippen LogP contribution in [0.5, 0.6) is 17.2 Å². The molecule has 0 saturated carbocycles. The Kier molecular flexibility index (Phi) is 11.9. The normalized spacial score (nSPS) is 11.1. The minimum absolute atomic E-state index is 0. The van der Waals surface area contributed by atoms with Gasteiger partial charge in [0, 0.05) is 0 Å². The number of benzene rings is 2. The monoisotopic (exact) mass is 430 g/mol. The zero-order chi connectivity index (χ0) is 19.7. The van der Waals surface area contributed by atoms with Gasteiger partial charge < -0.3 is 9.84 Å². The number of rotatable bonds is 11. The van der Waals surface area contributed by atoms with Crippen molar-refractivity contribution in [2.75, 3.05) is 0 Å². The summed E-state index contributed by atoms with van der Waals surface area (Å²) in [5, 5.41) is 12.6. The number of unbranched alkanes of at least 4 members (excludes halogenated alkanes) is 6. The molecule has 28 heavy (non-hydrogen) atoms. The predicted molar refractivity (Wildman–Crippen MR) is 104 cm³/mol. The summed E-state index contributed by atoms with van der Waals surface area (Å²) >= 11 is 0. The standard InChI is InChI=1S/C21H28O5S.K/c1-2-3-4-5-6-7-9-12-17-15-16-19(20(22)21(17)27(23,24)25)26-18-13-10-8-11-14-18;/h8,10-11,13-16,22H,2-7,9,12H2,1H3,(H,23,24,25);/q;+1/p-1. The van der Waals surface area contributed by atoms with E-state index in [0.29, 0.717) is 17.7 Å². The first-order chi connectivity index (χ1) is 12.9. The Hall–Kier alpha value is -0.414. The van der Waals surface area contributed by atoms with Crippen LogP contribution in [-0.4, -0.2) is 13.0 Å². The molecule has 148 valence electrons. The molecule has 7 heteroatoms. The minimum atomic E-state index is -4.63. The Balaban J connectivity index is 0.00000392. The average molecular weight is 431 g/mol. The summed E-state index contributed by atoms with van der Waals surface area (Å²) in [6, 6.07) is 11.7. The Morgan fingerprint density at radius 3 is 2.14 bits per heavy atom. The van der Waals surface area contributed by atoms with Gasteiger partial charge in [-0.15, -0.1) is 0 Å². The fraction of sp³-hybridized carbons (Fsp3) is 0.429. The molecule has 0 unspecified atom stereocenters. The summed E-state index contributed by atoms with van der Waals surface area (Å²) in [5.41, 5.74) is 0.344. The molecular weight excluding hydrogens is 403 g/mol. The van der Waals surface area contributed by atoms with E-state index in [9.17, 15) is 18.1 Å². The van der Waals surface area contributed by atoms with E-state index in [1.54, 1.807) is 36.4 Å². The van der Waals surface area contributed by atoms with E-state index >= 15 is 0 Å². The van der Waals surface area contributed by atoms with Crippen LogP contribution in [0.1, 0.15) is 57.4 Å². The molecule has 2 rings (SSSR count). The molecule has 5 nitrogen and oxygen atoms in total. The number of para-hydroxylation sites is 1. The van der Waals surface area contributed by atoms with E-state index in [4.69, 9.17) is 4.74 Å². The Bertz CT molecular complexity index is 822. The maximum Gasteiger partial charge on any atom is 1.00 e. The van der Waals surface area contributed by atoms with E-state index in [2.05, 4.69) is 6.92 Å². The van der Waals surface area contributed by atoms with Crippen molar-refractivity contribution in [3.05, 3.63) is 48.0 Å². The van der Waals surface area contributed by atoms with Crippen molar-refractivity contribution in [1.82, 2.24) is 0 Å². The van der Waals surface area contributed by atoms with E-state index in [1.165, 1.54) is 25.3 Å². The van der Waals surface area contributed by atoms with Crippen LogP contribution in [0.3, 0.4) is 0 Å². The second-order valence-corrected chi connectivity index (χ2v) is 8.00. The third kappa shape index (κ3) is 8.14. The summed E-state index contributed by atoms with van der Waals surface area (Å²) in [6.45, 7) is 2.17. The first-order valence-corrected chi connectivity index (χ1v) is 10.9. The molecule has 0 aliphatic carbocycles. The van der Waals surface area contributed by atoms with Gasteiger partial charge in [0.15, 0.2) is 0 Å². The van der Waals surface area contributed by atoms with Crippen LogP contribution < -0.4 is 61.2 Å². The van der Waals surface area contributed by atoms with Crippen molar-refractivity contribution in [3.63, 3.8) is 0 Å². The van der Waals surface area contributed by atoms with Crippen molar-refractivity contribution in [2.24, 2.45) is 0 Å². The van der Waals surface area contributed by atoms with Crippen molar-refractivity contribution in [1.29, 1.82) is 0 Å². The van der Waals surface area contributed by atoms with Gasteiger partial charge in [-0.2, -0.15) is 8.42 Å². The molecule has 0 aromatic heterocycles. The number of hydrogen-bond acceptors (Lipinski definition) is 4. The maximum atomic E-state index is 12.6. The molecule has 2 aromatic rings. The van der Waals surface area contributed by atoms with Crippen LogP contribution in [0.15, 0.2) is 47.4 Å². The second-order valence-electron chi connectivity index (χ2n) is 6.64. The quantitative estimate of drug-likeness (QED) is 0.335. The molecule has 0 bridgehead atoms. The fourth-order valence-corrected chi connectivity index (χ4v) is 3.87. The number of aryl methyl sites for hydroxylation is 1. The van der Waals surface area contributed by atoms with E-state index < -0.39 is 20.8 Å². The molecule has 0 aliphatic heterocycles. The summed E-state index contributed by atoms with van der Waals surface area (Å²) in [5.74, 6) is -0.491. The van der Waals surface area contributed by atoms with Crippen LogP contribution in [0.2, 0.25) is 0 Å². The summed E-state index contributed by atoms with van der Waals surface area (Å²) in [6.07, 6.45) is 8.05. The Morgan fingerprint density at radius 1 is 0.929 bits per heavy atom. The fourth-order valence-electron chi connectivity index (χ4n) is 3.03. The zero-order valence-electron chi connectivity index (χ0n) is 16.7. The average Bonchev–Trinajstić information content (AvgIpc) is 2.63. The molecule has 1 N–H and O–H groups in total. The third-order valence-electron chi connectivity index (χ3n) is 4.44. The Labute approximate surface area is 210 Å². The van der Waals surface area contributed by atoms with Crippen LogP contribution in [0.4, 0.5) is 0 Å². The van der Waals surface area contributed by atoms with Gasteiger partial charge in [0.1, 0.15) is 11.5 Å². The van der Waals surface area contributed by atoms with Gasteiger partial charge in [-0.25, -0.2) is 0 Å². The SMILES string of the molecule is CCCCCCCCCc1ccc(Oc2ccccc2)c([O-])c1S(=O)(=O)O.[K+]. The smallest absolute Gasteiger partial charge is 0.869 e. The largest absolute Gasteiger partial charge is 1.00 e. The third-order valence-corrected chi connectivity index (χ3v) is 5.40. The van der Waals surface area contributed by atoms with Crippen molar-refractivity contribution >= 4 is 10.1 Å². The first kappa shape index (κ1) is 25.6. The molecule has 0 radical (unpaired) electrons. The minimum Gasteiger partial charge on any atom is -0.869 e. The van der Waals surface area contributed by atoms with Crippen molar-refractivity contribution in [3.8, 4) is 17.2 Å². The molecule has 0 amide bonds. The van der Waals surface area contributed by atoms with Crippen molar-refractivity contribution in [2.45, 2.75) is 63.2 Å². The zero-order valence-corrected chi connectivity index (χ0v) is 20.6. The van der Waals surface area contributed by atoms with Crippen molar-refractivity contribution < 1.29 is 74.2 Å². The molecular formula is C21H27KO5S. The summed E-state index contributed by atoms with van der Waals surface area (Å²) < 4.78 is 38.6. The first-order valence-electron chi connectivity index (χ1n) is 9.46. The molecule has 0 fully saturated rings. The van der Waals surface area contributed by atoms with Crippen LogP contribution >= 0.6 is 0 Å². The van der Waals surface area contributed by atoms with E-state index in [-0.39, 0.29) is 57.1 Å². The second kappa shape index (κ2) is 13.0. The van der Waals surface area contributed by atoms with Gasteiger partial charge in [0.2, 0.25) is 0 Å². The Morgan fingerprint density at radius 2 is 1.54 bits per heavy atom. The summed E-state index contributed by atoms with van der Waals surface area (Å²) in [4.78, 5) is -0.568. The van der Waals surface area contributed by atoms with Crippen LogP contribution in [0, 0.1) is 0 Å².